The molecule has 0 spiro atoms. The molecule has 1 amide bonds. The number of aromatic amines is 1. The fourth-order valence-corrected chi connectivity index (χ4v) is 6.62. The molecule has 0 aliphatic carbocycles. The van der Waals surface area contributed by atoms with E-state index in [1.165, 1.54) is 16.5 Å². The molecule has 2 N–H and O–H groups in total. The molecule has 146 valence electrons. The summed E-state index contributed by atoms with van der Waals surface area (Å²) in [6.45, 7) is 3.94. The lowest BCUT2D eigenvalue weighted by Crippen LogP contribution is -2.51. The molecule has 0 bridgehead atoms. The highest BCUT2D eigenvalue weighted by Crippen LogP contribution is 2.33. The molecule has 2 aliphatic heterocycles. The van der Waals surface area contributed by atoms with Crippen LogP contribution in [-0.2, 0) is 14.6 Å². The van der Waals surface area contributed by atoms with E-state index in [0.29, 0.717) is 18.9 Å². The molecule has 7 heteroatoms. The van der Waals surface area contributed by atoms with E-state index in [1.54, 1.807) is 0 Å². The van der Waals surface area contributed by atoms with Crippen molar-refractivity contribution in [3.8, 4) is 0 Å². The van der Waals surface area contributed by atoms with Gasteiger partial charge in [-0.1, -0.05) is 18.2 Å². The number of para-hydroxylation sites is 1. The van der Waals surface area contributed by atoms with Gasteiger partial charge in [-0.3, -0.25) is 9.69 Å². The van der Waals surface area contributed by atoms with Gasteiger partial charge in [0.05, 0.1) is 23.6 Å². The average Bonchev–Trinajstić information content (AvgIpc) is 3.16. The van der Waals surface area contributed by atoms with Crippen molar-refractivity contribution >= 4 is 26.6 Å². The minimum absolute atomic E-state index is 0.0500. The number of piperidine rings is 1. The van der Waals surface area contributed by atoms with Gasteiger partial charge in [-0.05, 0) is 56.8 Å². The highest BCUT2D eigenvalue weighted by atomic mass is 32.2. The van der Waals surface area contributed by atoms with E-state index < -0.39 is 15.4 Å². The third-order valence-corrected chi connectivity index (χ3v) is 7.86. The molecule has 27 heavy (non-hydrogen) atoms. The standard InChI is InChI=1S/C20H27N3O3S/c1-20(8-11-27(25,26)14-20)22-19(24)13-23-9-6-15(7-10-23)17-12-21-18-5-3-2-4-16(17)18/h2-5,12,15,21H,6-11,13-14H2,1H3,(H,22,24)/t20-/m1/s1. The molecule has 6 nitrogen and oxygen atoms in total. The smallest absolute Gasteiger partial charge is 0.234 e. The van der Waals surface area contributed by atoms with E-state index in [4.69, 9.17) is 0 Å². The van der Waals surface area contributed by atoms with Crippen molar-refractivity contribution in [3.63, 3.8) is 0 Å². The summed E-state index contributed by atoms with van der Waals surface area (Å²) in [7, 11) is -3.01. The summed E-state index contributed by atoms with van der Waals surface area (Å²) < 4.78 is 23.4. The maximum absolute atomic E-state index is 12.4. The van der Waals surface area contributed by atoms with Gasteiger partial charge < -0.3 is 10.3 Å². The first-order chi connectivity index (χ1) is 12.8. The fourth-order valence-electron chi connectivity index (χ4n) is 4.52. The highest BCUT2D eigenvalue weighted by Gasteiger charge is 2.39. The van der Waals surface area contributed by atoms with Crippen molar-refractivity contribution < 1.29 is 13.2 Å². The Bertz CT molecular complexity index is 944. The number of hydrogen-bond donors (Lipinski definition) is 2. The molecule has 2 aromatic rings. The maximum Gasteiger partial charge on any atom is 0.234 e. The van der Waals surface area contributed by atoms with Crippen LogP contribution >= 0.6 is 0 Å². The molecule has 2 fully saturated rings. The summed E-state index contributed by atoms with van der Waals surface area (Å²) >= 11 is 0. The second kappa shape index (κ2) is 6.95. The SMILES string of the molecule is C[C@@]1(NC(=O)CN2CCC(c3c[nH]c4ccccc34)CC2)CCS(=O)(=O)C1. The number of fused-ring (bicyclic) bond motifs is 1. The van der Waals surface area contributed by atoms with Crippen molar-refractivity contribution in [2.24, 2.45) is 0 Å². The minimum Gasteiger partial charge on any atom is -0.361 e. The number of benzene rings is 1. The largest absolute Gasteiger partial charge is 0.361 e. The van der Waals surface area contributed by atoms with Gasteiger partial charge in [0.2, 0.25) is 5.91 Å². The monoisotopic (exact) mass is 389 g/mol. The fraction of sp³-hybridized carbons (Fsp3) is 0.550. The number of likely N-dealkylation sites (tertiary alicyclic amines) is 1. The second-order valence-electron chi connectivity index (χ2n) is 8.29. The number of nitrogens with one attached hydrogen (secondary N) is 2. The van der Waals surface area contributed by atoms with E-state index in [2.05, 4.69) is 39.6 Å². The van der Waals surface area contributed by atoms with E-state index in [1.807, 2.05) is 13.0 Å². The van der Waals surface area contributed by atoms with Gasteiger partial charge in [-0.25, -0.2) is 8.42 Å². The van der Waals surface area contributed by atoms with Gasteiger partial charge >= 0.3 is 0 Å². The van der Waals surface area contributed by atoms with Crippen LogP contribution in [0.5, 0.6) is 0 Å². The number of H-pyrrole nitrogens is 1. The second-order valence-corrected chi connectivity index (χ2v) is 10.5. The van der Waals surface area contributed by atoms with Crippen LogP contribution in [0.25, 0.3) is 10.9 Å². The molecule has 1 aromatic carbocycles. The molecule has 1 atom stereocenters. The molecule has 3 heterocycles. The number of carbonyl (C=O) groups excluding carboxylic acids is 1. The van der Waals surface area contributed by atoms with E-state index in [-0.39, 0.29) is 17.4 Å². The first-order valence-corrected chi connectivity index (χ1v) is 11.5. The Morgan fingerprint density at radius 3 is 2.74 bits per heavy atom. The third kappa shape index (κ3) is 4.04. The Balaban J connectivity index is 1.31. The number of carbonyl (C=O) groups is 1. The summed E-state index contributed by atoms with van der Waals surface area (Å²) in [4.78, 5) is 17.9. The van der Waals surface area contributed by atoms with Gasteiger partial charge in [0, 0.05) is 17.1 Å². The van der Waals surface area contributed by atoms with Crippen LogP contribution in [0.1, 0.15) is 37.7 Å². The van der Waals surface area contributed by atoms with Crippen LogP contribution in [0, 0.1) is 0 Å². The average molecular weight is 390 g/mol. The zero-order valence-corrected chi connectivity index (χ0v) is 16.5. The quantitative estimate of drug-likeness (QED) is 0.838. The zero-order chi connectivity index (χ0) is 19.1. The Hall–Kier alpha value is -1.86. The first kappa shape index (κ1) is 18.5. The Kier molecular flexibility index (Phi) is 4.76. The molecular weight excluding hydrogens is 362 g/mol. The van der Waals surface area contributed by atoms with E-state index in [0.717, 1.165) is 25.9 Å². The number of hydrogen-bond acceptors (Lipinski definition) is 4. The summed E-state index contributed by atoms with van der Waals surface area (Å²) in [6, 6.07) is 8.38. The zero-order valence-electron chi connectivity index (χ0n) is 15.7. The number of aromatic nitrogens is 1. The number of sulfone groups is 1. The van der Waals surface area contributed by atoms with E-state index >= 15 is 0 Å². The van der Waals surface area contributed by atoms with E-state index in [9.17, 15) is 13.2 Å². The lowest BCUT2D eigenvalue weighted by molar-refractivity contribution is -0.124. The molecule has 0 saturated carbocycles. The Morgan fingerprint density at radius 1 is 1.30 bits per heavy atom. The van der Waals surface area contributed by atoms with Gasteiger partial charge in [0.25, 0.3) is 0 Å². The number of nitrogens with zero attached hydrogens (tertiary/aromatic N) is 1. The molecule has 1 aromatic heterocycles. The van der Waals surface area contributed by atoms with Crippen molar-refractivity contribution in [1.82, 2.24) is 15.2 Å². The van der Waals surface area contributed by atoms with Gasteiger partial charge in [0.15, 0.2) is 9.84 Å². The summed E-state index contributed by atoms with van der Waals surface area (Å²) in [5.74, 6) is 0.659. The molecule has 0 unspecified atom stereocenters. The number of amides is 1. The predicted molar refractivity (Wildman–Crippen MR) is 107 cm³/mol. The normalized spacial score (nSPS) is 26.4. The summed E-state index contributed by atoms with van der Waals surface area (Å²) in [5, 5.41) is 4.25. The lowest BCUT2D eigenvalue weighted by atomic mass is 9.89. The van der Waals surface area contributed by atoms with Crippen LogP contribution < -0.4 is 5.32 Å². The van der Waals surface area contributed by atoms with Crippen molar-refractivity contribution in [2.75, 3.05) is 31.1 Å². The van der Waals surface area contributed by atoms with Gasteiger partial charge in [-0.15, -0.1) is 0 Å². The lowest BCUT2D eigenvalue weighted by Gasteiger charge is -2.32. The topological polar surface area (TPSA) is 82.3 Å². The highest BCUT2D eigenvalue weighted by molar-refractivity contribution is 7.91. The Labute approximate surface area is 160 Å². The Morgan fingerprint density at radius 2 is 2.04 bits per heavy atom. The first-order valence-electron chi connectivity index (χ1n) is 9.63. The molecule has 0 radical (unpaired) electrons. The molecule has 2 saturated heterocycles. The van der Waals surface area contributed by atoms with Crippen molar-refractivity contribution in [3.05, 3.63) is 36.0 Å². The molecular formula is C20H27N3O3S. The van der Waals surface area contributed by atoms with Crippen LogP contribution in [0.2, 0.25) is 0 Å². The van der Waals surface area contributed by atoms with Gasteiger partial charge in [0.1, 0.15) is 0 Å². The predicted octanol–water partition coefficient (Wildman–Crippen LogP) is 2.04. The van der Waals surface area contributed by atoms with Crippen molar-refractivity contribution in [1.29, 1.82) is 0 Å². The van der Waals surface area contributed by atoms with Gasteiger partial charge in [-0.2, -0.15) is 0 Å². The summed E-state index contributed by atoms with van der Waals surface area (Å²) in [5.41, 5.74) is 1.94. The van der Waals surface area contributed by atoms with Crippen LogP contribution in [-0.4, -0.2) is 60.9 Å². The van der Waals surface area contributed by atoms with Crippen LogP contribution in [0.15, 0.2) is 30.5 Å². The molecule has 2 aliphatic rings. The minimum atomic E-state index is -3.01. The van der Waals surface area contributed by atoms with Crippen LogP contribution in [0.4, 0.5) is 0 Å². The van der Waals surface area contributed by atoms with Crippen molar-refractivity contribution in [2.45, 2.75) is 37.6 Å². The third-order valence-electron chi connectivity index (χ3n) is 5.96. The summed E-state index contributed by atoms with van der Waals surface area (Å²) in [6.07, 6.45) is 4.68. The number of rotatable bonds is 4. The maximum atomic E-state index is 12.4. The van der Waals surface area contributed by atoms with Crippen LogP contribution in [0.3, 0.4) is 0 Å². The molecule has 4 rings (SSSR count).